The lowest BCUT2D eigenvalue weighted by molar-refractivity contribution is -0.120. The van der Waals surface area contributed by atoms with Crippen LogP contribution in [0.15, 0.2) is 42.5 Å². The lowest BCUT2D eigenvalue weighted by Gasteiger charge is -2.24. The Kier molecular flexibility index (Phi) is 6.31. The summed E-state index contributed by atoms with van der Waals surface area (Å²) in [6.45, 7) is 2.44. The second-order valence-corrected chi connectivity index (χ2v) is 6.61. The Hall–Kier alpha value is -1.26. The highest BCUT2D eigenvalue weighted by Crippen LogP contribution is 2.25. The monoisotopic (exact) mass is 370 g/mol. The van der Waals surface area contributed by atoms with Crippen LogP contribution in [0.5, 0.6) is 0 Å². The average molecular weight is 372 g/mol. The topological polar surface area (TPSA) is 32.3 Å². The predicted octanol–water partition coefficient (Wildman–Crippen LogP) is 5.11. The third kappa shape index (κ3) is 5.11. The van der Waals surface area contributed by atoms with Crippen molar-refractivity contribution >= 4 is 46.4 Å². The van der Waals surface area contributed by atoms with E-state index in [-0.39, 0.29) is 11.9 Å². The van der Waals surface area contributed by atoms with Crippen LogP contribution < -0.4 is 5.32 Å². The van der Waals surface area contributed by atoms with Crippen LogP contribution in [0.1, 0.15) is 12.5 Å². The van der Waals surface area contributed by atoms with Crippen molar-refractivity contribution in [3.63, 3.8) is 0 Å². The maximum atomic E-state index is 12.4. The molecule has 0 aliphatic carbocycles. The zero-order valence-electron chi connectivity index (χ0n) is 12.8. The molecule has 2 aromatic rings. The first-order chi connectivity index (χ1) is 10.9. The summed E-state index contributed by atoms with van der Waals surface area (Å²) < 4.78 is 0. The fourth-order valence-corrected chi connectivity index (χ4v) is 2.64. The van der Waals surface area contributed by atoms with Crippen LogP contribution in [0.25, 0.3) is 0 Å². The lowest BCUT2D eigenvalue weighted by Crippen LogP contribution is -2.39. The summed E-state index contributed by atoms with van der Waals surface area (Å²) in [5.41, 5.74) is 1.55. The normalized spacial score (nSPS) is 12.3. The van der Waals surface area contributed by atoms with Crippen molar-refractivity contribution in [2.75, 3.05) is 12.4 Å². The van der Waals surface area contributed by atoms with Crippen LogP contribution in [0.4, 0.5) is 5.69 Å². The molecule has 0 fully saturated rings. The molecule has 6 heteroatoms. The van der Waals surface area contributed by atoms with Crippen molar-refractivity contribution < 1.29 is 4.79 Å². The molecule has 0 unspecified atom stereocenters. The fraction of sp³-hybridized carbons (Fsp3) is 0.235. The molecule has 0 heterocycles. The summed E-state index contributed by atoms with van der Waals surface area (Å²) in [4.78, 5) is 14.3. The number of anilines is 1. The van der Waals surface area contributed by atoms with Gasteiger partial charge >= 0.3 is 0 Å². The van der Waals surface area contributed by atoms with E-state index in [2.05, 4.69) is 5.32 Å². The van der Waals surface area contributed by atoms with Gasteiger partial charge in [-0.15, -0.1) is 0 Å². The summed E-state index contributed by atoms with van der Waals surface area (Å²) in [5, 5.41) is 4.45. The number of carbonyl (C=O) groups excluding carboxylic acids is 1. The Morgan fingerprint density at radius 2 is 1.83 bits per heavy atom. The number of amides is 1. The predicted molar refractivity (Wildman–Crippen MR) is 97.5 cm³/mol. The van der Waals surface area contributed by atoms with Gasteiger partial charge in [-0.25, -0.2) is 0 Å². The van der Waals surface area contributed by atoms with E-state index in [1.54, 1.807) is 18.2 Å². The van der Waals surface area contributed by atoms with E-state index in [0.29, 0.717) is 27.3 Å². The number of carbonyl (C=O) groups is 1. The maximum absolute atomic E-state index is 12.4. The molecule has 0 aliphatic rings. The summed E-state index contributed by atoms with van der Waals surface area (Å²) >= 11 is 18.0. The van der Waals surface area contributed by atoms with E-state index in [9.17, 15) is 4.79 Å². The highest BCUT2D eigenvalue weighted by atomic mass is 35.5. The molecule has 0 radical (unpaired) electrons. The molecule has 3 nitrogen and oxygen atoms in total. The fourth-order valence-electron chi connectivity index (χ4n) is 2.09. The van der Waals surface area contributed by atoms with Crippen molar-refractivity contribution in [3.05, 3.63) is 63.1 Å². The Bertz CT molecular complexity index is 706. The molecule has 0 spiro atoms. The molecule has 2 rings (SSSR count). The summed E-state index contributed by atoms with van der Waals surface area (Å²) in [7, 11) is 1.88. The van der Waals surface area contributed by atoms with Gasteiger partial charge in [0, 0.05) is 16.6 Å². The number of halogens is 3. The minimum Gasteiger partial charge on any atom is -0.323 e. The molecule has 2 aromatic carbocycles. The first-order valence-electron chi connectivity index (χ1n) is 7.07. The van der Waals surface area contributed by atoms with E-state index in [0.717, 1.165) is 5.56 Å². The minimum absolute atomic E-state index is 0.154. The molecule has 0 aliphatic heterocycles. The molecular weight excluding hydrogens is 355 g/mol. The summed E-state index contributed by atoms with van der Waals surface area (Å²) in [5.74, 6) is -0.154. The van der Waals surface area contributed by atoms with Crippen LogP contribution in [-0.4, -0.2) is 23.9 Å². The summed E-state index contributed by atoms with van der Waals surface area (Å²) in [6, 6.07) is 12.2. The van der Waals surface area contributed by atoms with Crippen molar-refractivity contribution in [1.82, 2.24) is 4.90 Å². The van der Waals surface area contributed by atoms with Crippen molar-refractivity contribution in [1.29, 1.82) is 0 Å². The third-order valence-corrected chi connectivity index (χ3v) is 4.35. The molecule has 0 aromatic heterocycles. The van der Waals surface area contributed by atoms with E-state index < -0.39 is 0 Å². The number of hydrogen-bond acceptors (Lipinski definition) is 2. The van der Waals surface area contributed by atoms with Gasteiger partial charge in [-0.2, -0.15) is 0 Å². The SMILES string of the molecule is C[C@H](C(=O)Nc1cc(Cl)ccc1Cl)N(C)Cc1cccc(Cl)c1. The molecule has 0 bridgehead atoms. The molecule has 0 saturated heterocycles. The number of likely N-dealkylation sites (N-methyl/N-ethyl adjacent to an activating group) is 1. The van der Waals surface area contributed by atoms with E-state index in [4.69, 9.17) is 34.8 Å². The quantitative estimate of drug-likeness (QED) is 0.792. The lowest BCUT2D eigenvalue weighted by atomic mass is 10.2. The van der Waals surface area contributed by atoms with Gasteiger partial charge in [-0.3, -0.25) is 9.69 Å². The van der Waals surface area contributed by atoms with Crippen molar-refractivity contribution in [2.24, 2.45) is 0 Å². The van der Waals surface area contributed by atoms with Crippen LogP contribution >= 0.6 is 34.8 Å². The van der Waals surface area contributed by atoms with Crippen molar-refractivity contribution in [2.45, 2.75) is 19.5 Å². The highest BCUT2D eigenvalue weighted by Gasteiger charge is 2.19. The van der Waals surface area contributed by atoms with Gasteiger partial charge in [0.2, 0.25) is 5.91 Å². The summed E-state index contributed by atoms with van der Waals surface area (Å²) in [6.07, 6.45) is 0. The molecule has 1 atom stereocenters. The molecule has 1 N–H and O–H groups in total. The van der Waals surface area contributed by atoms with E-state index in [1.165, 1.54) is 0 Å². The molecule has 23 heavy (non-hydrogen) atoms. The molecule has 0 saturated carbocycles. The van der Waals surface area contributed by atoms with Gasteiger partial charge in [0.05, 0.1) is 16.8 Å². The first-order valence-corrected chi connectivity index (χ1v) is 8.21. The largest absolute Gasteiger partial charge is 0.323 e. The third-order valence-electron chi connectivity index (χ3n) is 3.55. The van der Waals surface area contributed by atoms with Gasteiger partial charge in [0.25, 0.3) is 0 Å². The van der Waals surface area contributed by atoms with Crippen LogP contribution in [0.2, 0.25) is 15.1 Å². The number of nitrogens with one attached hydrogen (secondary N) is 1. The second-order valence-electron chi connectivity index (χ2n) is 5.33. The highest BCUT2D eigenvalue weighted by molar-refractivity contribution is 6.35. The Morgan fingerprint density at radius 3 is 2.52 bits per heavy atom. The number of nitrogens with zero attached hydrogens (tertiary/aromatic N) is 1. The van der Waals surface area contributed by atoms with Gasteiger partial charge < -0.3 is 5.32 Å². The van der Waals surface area contributed by atoms with Gasteiger partial charge in [-0.1, -0.05) is 46.9 Å². The van der Waals surface area contributed by atoms with Crippen LogP contribution in [-0.2, 0) is 11.3 Å². The van der Waals surface area contributed by atoms with E-state index >= 15 is 0 Å². The molecule has 1 amide bonds. The second kappa shape index (κ2) is 8.02. The van der Waals surface area contributed by atoms with Gasteiger partial charge in [0.15, 0.2) is 0 Å². The van der Waals surface area contributed by atoms with Crippen LogP contribution in [0, 0.1) is 0 Å². The number of hydrogen-bond donors (Lipinski definition) is 1. The van der Waals surface area contributed by atoms with E-state index in [1.807, 2.05) is 43.1 Å². The maximum Gasteiger partial charge on any atom is 0.241 e. The smallest absolute Gasteiger partial charge is 0.241 e. The standard InChI is InChI=1S/C17H17Cl3N2O/c1-11(22(2)10-12-4-3-5-13(18)8-12)17(23)21-16-9-14(19)6-7-15(16)20/h3-9,11H,10H2,1-2H3,(H,21,23)/t11-/m1/s1. The van der Waals surface area contributed by atoms with Crippen molar-refractivity contribution in [3.8, 4) is 0 Å². The number of rotatable bonds is 5. The molecular formula is C17H17Cl3N2O. The zero-order chi connectivity index (χ0) is 17.0. The zero-order valence-corrected chi connectivity index (χ0v) is 15.1. The molecule has 122 valence electrons. The average Bonchev–Trinajstić information content (AvgIpc) is 2.50. The minimum atomic E-state index is -0.343. The Labute approximate surface area is 151 Å². The number of benzene rings is 2. The van der Waals surface area contributed by atoms with Gasteiger partial charge in [-0.05, 0) is 49.9 Å². The Balaban J connectivity index is 2.02. The van der Waals surface area contributed by atoms with Crippen LogP contribution in [0.3, 0.4) is 0 Å². The first kappa shape index (κ1) is 18.1. The Morgan fingerprint density at radius 1 is 1.13 bits per heavy atom. The van der Waals surface area contributed by atoms with Gasteiger partial charge in [0.1, 0.15) is 0 Å².